The molecule has 1 aliphatic carbocycles. The zero-order chi connectivity index (χ0) is 14.8. The van der Waals surface area contributed by atoms with Crippen LogP contribution in [0.25, 0.3) is 11.1 Å². The van der Waals surface area contributed by atoms with Gasteiger partial charge in [-0.05, 0) is 49.7 Å². The van der Waals surface area contributed by atoms with E-state index in [1.54, 1.807) is 0 Å². The van der Waals surface area contributed by atoms with Crippen LogP contribution in [0, 0.1) is 0 Å². The van der Waals surface area contributed by atoms with E-state index in [0.29, 0.717) is 0 Å². The number of benzene rings is 2. The summed E-state index contributed by atoms with van der Waals surface area (Å²) in [5.41, 5.74) is 7.16. The standard InChI is InChI=1S/C19H24N2/c1-4-20(3)14-21(5-2)18-12-8-10-16-13-15-9-6-7-11-17(15)19(16)18/h6-12H,4-5,13-14H2,1-3H3. The van der Waals surface area contributed by atoms with E-state index >= 15 is 0 Å². The quantitative estimate of drug-likeness (QED) is 0.652. The fraction of sp³-hybridized carbons (Fsp3) is 0.368. The summed E-state index contributed by atoms with van der Waals surface area (Å²) in [4.78, 5) is 4.83. The number of fused-ring (bicyclic) bond motifs is 3. The predicted molar refractivity (Wildman–Crippen MR) is 90.9 cm³/mol. The van der Waals surface area contributed by atoms with Crippen LogP contribution in [0.5, 0.6) is 0 Å². The minimum Gasteiger partial charge on any atom is -0.358 e. The molecule has 2 heteroatoms. The highest BCUT2D eigenvalue weighted by Crippen LogP contribution is 2.42. The molecule has 21 heavy (non-hydrogen) atoms. The fourth-order valence-corrected chi connectivity index (χ4v) is 3.17. The summed E-state index contributed by atoms with van der Waals surface area (Å²) in [5.74, 6) is 0. The molecule has 0 bridgehead atoms. The average molecular weight is 280 g/mol. The van der Waals surface area contributed by atoms with E-state index in [1.807, 2.05) is 0 Å². The third kappa shape index (κ3) is 2.56. The van der Waals surface area contributed by atoms with Crippen LogP contribution in [0.2, 0.25) is 0 Å². The Kier molecular flexibility index (Phi) is 3.98. The van der Waals surface area contributed by atoms with E-state index in [1.165, 1.54) is 27.9 Å². The SMILES string of the molecule is CCN(C)CN(CC)c1cccc2c1-c1ccccc1C2. The van der Waals surface area contributed by atoms with E-state index in [-0.39, 0.29) is 0 Å². The van der Waals surface area contributed by atoms with Gasteiger partial charge in [-0.15, -0.1) is 0 Å². The van der Waals surface area contributed by atoms with Crippen molar-refractivity contribution in [3.63, 3.8) is 0 Å². The molecule has 0 unspecified atom stereocenters. The first-order valence-corrected chi connectivity index (χ1v) is 7.88. The van der Waals surface area contributed by atoms with Gasteiger partial charge in [0.2, 0.25) is 0 Å². The predicted octanol–water partition coefficient (Wildman–Crippen LogP) is 3.99. The van der Waals surface area contributed by atoms with Crippen molar-refractivity contribution in [1.82, 2.24) is 4.90 Å². The monoisotopic (exact) mass is 280 g/mol. The lowest BCUT2D eigenvalue weighted by Gasteiger charge is -2.30. The minimum atomic E-state index is 0.978. The van der Waals surface area contributed by atoms with E-state index in [0.717, 1.165) is 26.2 Å². The Morgan fingerprint density at radius 2 is 1.67 bits per heavy atom. The number of anilines is 1. The second kappa shape index (κ2) is 5.90. The number of hydrogen-bond acceptors (Lipinski definition) is 2. The molecule has 0 heterocycles. The molecule has 0 radical (unpaired) electrons. The van der Waals surface area contributed by atoms with Gasteiger partial charge in [0.1, 0.15) is 0 Å². The molecule has 0 N–H and O–H groups in total. The molecule has 2 aromatic carbocycles. The maximum Gasteiger partial charge on any atom is 0.0704 e. The highest BCUT2D eigenvalue weighted by molar-refractivity contribution is 5.87. The first-order valence-electron chi connectivity index (χ1n) is 7.88. The van der Waals surface area contributed by atoms with Crippen molar-refractivity contribution >= 4 is 5.69 Å². The van der Waals surface area contributed by atoms with Crippen LogP contribution in [-0.4, -0.2) is 31.7 Å². The second-order valence-electron chi connectivity index (χ2n) is 5.81. The molecular weight excluding hydrogens is 256 g/mol. The Hall–Kier alpha value is -1.80. The summed E-state index contributed by atoms with van der Waals surface area (Å²) >= 11 is 0. The molecule has 0 fully saturated rings. The van der Waals surface area contributed by atoms with Crippen LogP contribution in [0.3, 0.4) is 0 Å². The first kappa shape index (κ1) is 14.2. The first-order chi connectivity index (χ1) is 10.2. The molecule has 0 aromatic heterocycles. The second-order valence-corrected chi connectivity index (χ2v) is 5.81. The van der Waals surface area contributed by atoms with Crippen LogP contribution in [0.1, 0.15) is 25.0 Å². The summed E-state index contributed by atoms with van der Waals surface area (Å²) in [6.07, 6.45) is 1.07. The van der Waals surface area contributed by atoms with Gasteiger partial charge < -0.3 is 4.90 Å². The van der Waals surface area contributed by atoms with E-state index in [9.17, 15) is 0 Å². The van der Waals surface area contributed by atoms with Crippen LogP contribution < -0.4 is 4.90 Å². The molecular formula is C19H24N2. The van der Waals surface area contributed by atoms with Crippen molar-refractivity contribution in [1.29, 1.82) is 0 Å². The largest absolute Gasteiger partial charge is 0.358 e. The third-order valence-corrected chi connectivity index (χ3v) is 4.47. The third-order valence-electron chi connectivity index (χ3n) is 4.47. The highest BCUT2D eigenvalue weighted by Gasteiger charge is 2.23. The fourth-order valence-electron chi connectivity index (χ4n) is 3.17. The topological polar surface area (TPSA) is 6.48 Å². The van der Waals surface area contributed by atoms with Gasteiger partial charge >= 0.3 is 0 Å². The minimum absolute atomic E-state index is 0.978. The summed E-state index contributed by atoms with van der Waals surface area (Å²) in [5, 5.41) is 0. The van der Waals surface area contributed by atoms with Gasteiger partial charge in [0.05, 0.1) is 6.67 Å². The Bertz CT molecular complexity index is 633. The summed E-state index contributed by atoms with van der Waals surface area (Å²) in [6.45, 7) is 7.53. The molecule has 2 nitrogen and oxygen atoms in total. The van der Waals surface area contributed by atoms with E-state index in [2.05, 4.69) is 73.2 Å². The molecule has 0 amide bonds. The molecule has 0 atom stereocenters. The van der Waals surface area contributed by atoms with Crippen molar-refractivity contribution < 1.29 is 0 Å². The normalized spacial score (nSPS) is 12.4. The average Bonchev–Trinajstić information content (AvgIpc) is 2.91. The number of hydrogen-bond donors (Lipinski definition) is 0. The van der Waals surface area contributed by atoms with Crippen LogP contribution in [-0.2, 0) is 6.42 Å². The molecule has 1 aliphatic rings. The van der Waals surface area contributed by atoms with Crippen LogP contribution in [0.4, 0.5) is 5.69 Å². The van der Waals surface area contributed by atoms with Crippen molar-refractivity contribution in [2.45, 2.75) is 20.3 Å². The molecule has 110 valence electrons. The lowest BCUT2D eigenvalue weighted by atomic mass is 10.0. The zero-order valence-electron chi connectivity index (χ0n) is 13.3. The van der Waals surface area contributed by atoms with Crippen LogP contribution in [0.15, 0.2) is 42.5 Å². The van der Waals surface area contributed by atoms with Gasteiger partial charge in [-0.3, -0.25) is 4.90 Å². The molecule has 3 rings (SSSR count). The smallest absolute Gasteiger partial charge is 0.0704 e. The van der Waals surface area contributed by atoms with Gasteiger partial charge in [-0.2, -0.15) is 0 Å². The highest BCUT2D eigenvalue weighted by atomic mass is 15.3. The maximum atomic E-state index is 2.48. The van der Waals surface area contributed by atoms with Crippen molar-refractivity contribution in [2.24, 2.45) is 0 Å². The lowest BCUT2D eigenvalue weighted by molar-refractivity contribution is 0.351. The molecule has 0 spiro atoms. The maximum absolute atomic E-state index is 2.48. The van der Waals surface area contributed by atoms with Gasteiger partial charge in [-0.25, -0.2) is 0 Å². The lowest BCUT2D eigenvalue weighted by Crippen LogP contribution is -2.35. The zero-order valence-corrected chi connectivity index (χ0v) is 13.3. The molecule has 0 aliphatic heterocycles. The Balaban J connectivity index is 2.04. The Labute approximate surface area is 128 Å². The van der Waals surface area contributed by atoms with Gasteiger partial charge in [0.25, 0.3) is 0 Å². The van der Waals surface area contributed by atoms with Gasteiger partial charge in [-0.1, -0.05) is 43.3 Å². The Morgan fingerprint density at radius 3 is 2.43 bits per heavy atom. The number of nitrogens with zero attached hydrogens (tertiary/aromatic N) is 2. The van der Waals surface area contributed by atoms with E-state index in [4.69, 9.17) is 0 Å². The van der Waals surface area contributed by atoms with Crippen molar-refractivity contribution in [2.75, 3.05) is 31.7 Å². The Morgan fingerprint density at radius 1 is 0.905 bits per heavy atom. The van der Waals surface area contributed by atoms with Crippen molar-refractivity contribution in [3.05, 3.63) is 53.6 Å². The summed E-state index contributed by atoms with van der Waals surface area (Å²) in [6, 6.07) is 15.6. The van der Waals surface area contributed by atoms with Gasteiger partial charge in [0.15, 0.2) is 0 Å². The van der Waals surface area contributed by atoms with Crippen LogP contribution >= 0.6 is 0 Å². The van der Waals surface area contributed by atoms with E-state index < -0.39 is 0 Å². The van der Waals surface area contributed by atoms with Crippen molar-refractivity contribution in [3.8, 4) is 11.1 Å². The number of rotatable bonds is 5. The molecule has 2 aromatic rings. The van der Waals surface area contributed by atoms with Gasteiger partial charge in [0, 0.05) is 17.8 Å². The summed E-state index contributed by atoms with van der Waals surface area (Å²) in [7, 11) is 2.18. The molecule has 0 saturated heterocycles. The summed E-state index contributed by atoms with van der Waals surface area (Å²) < 4.78 is 0. The molecule has 0 saturated carbocycles.